The maximum atomic E-state index is 10.4. The van der Waals surface area contributed by atoms with Gasteiger partial charge in [-0.05, 0) is 74.3 Å². The molecule has 4 heteroatoms. The highest BCUT2D eigenvalue weighted by Gasteiger charge is 2.62. The first-order valence-electron chi connectivity index (χ1n) is 9.45. The molecule has 0 radical (unpaired) electrons. The summed E-state index contributed by atoms with van der Waals surface area (Å²) in [5.74, 6) is 2.45. The number of ether oxygens (including phenoxy) is 1. The van der Waals surface area contributed by atoms with Crippen molar-refractivity contribution in [1.29, 1.82) is 0 Å². The number of phenolic OH excluding ortho intramolecular Hbond substituents is 2. The number of phenols is 2. The summed E-state index contributed by atoms with van der Waals surface area (Å²) in [6, 6.07) is 3.56. The molecule has 5 aliphatic rings. The van der Waals surface area contributed by atoms with Crippen molar-refractivity contribution in [3.8, 4) is 11.5 Å². The van der Waals surface area contributed by atoms with E-state index in [1.807, 2.05) is 6.07 Å². The van der Waals surface area contributed by atoms with E-state index in [4.69, 9.17) is 10.5 Å². The number of rotatable bonds is 2. The van der Waals surface area contributed by atoms with Crippen LogP contribution in [0.1, 0.15) is 49.7 Å². The molecule has 1 aliphatic heterocycles. The molecule has 4 saturated carbocycles. The Morgan fingerprint density at radius 1 is 1.04 bits per heavy atom. The van der Waals surface area contributed by atoms with E-state index >= 15 is 0 Å². The summed E-state index contributed by atoms with van der Waals surface area (Å²) in [7, 11) is 0. The van der Waals surface area contributed by atoms with Crippen LogP contribution in [0, 0.1) is 23.2 Å². The molecule has 1 atom stereocenters. The Hall–Kier alpha value is -1.26. The standard InChI is InChI=1S/C20H27NO3/c21-11-20(16-1-2-17(22)18(23)15(16)3-4-24-20)19-8-12-5-13(9-19)7-14(6-12)10-19/h1-2,12-14,22-23H,3-11,21H2. The number of benzene rings is 1. The van der Waals surface area contributed by atoms with Gasteiger partial charge < -0.3 is 20.7 Å². The predicted octanol–water partition coefficient (Wildman–Crippen LogP) is 3.04. The third-order valence-electron chi connectivity index (χ3n) is 7.58. The maximum Gasteiger partial charge on any atom is 0.161 e. The van der Waals surface area contributed by atoms with Crippen LogP contribution in [0.5, 0.6) is 11.5 Å². The fraction of sp³-hybridized carbons (Fsp3) is 0.700. The molecular weight excluding hydrogens is 302 g/mol. The Morgan fingerprint density at radius 3 is 2.25 bits per heavy atom. The molecule has 4 fully saturated rings. The Labute approximate surface area is 143 Å². The van der Waals surface area contributed by atoms with E-state index in [2.05, 4.69) is 0 Å². The van der Waals surface area contributed by atoms with Crippen molar-refractivity contribution in [2.24, 2.45) is 28.9 Å². The molecule has 130 valence electrons. The summed E-state index contributed by atoms with van der Waals surface area (Å²) in [5.41, 5.74) is 7.89. The smallest absolute Gasteiger partial charge is 0.161 e. The minimum absolute atomic E-state index is 0.0263. The highest BCUT2D eigenvalue weighted by atomic mass is 16.5. The van der Waals surface area contributed by atoms with Crippen molar-refractivity contribution in [3.05, 3.63) is 23.3 Å². The minimum atomic E-state index is -0.498. The monoisotopic (exact) mass is 329 g/mol. The van der Waals surface area contributed by atoms with Gasteiger partial charge >= 0.3 is 0 Å². The number of hydrogen-bond acceptors (Lipinski definition) is 4. The van der Waals surface area contributed by atoms with Crippen LogP contribution in [0.2, 0.25) is 0 Å². The lowest BCUT2D eigenvalue weighted by atomic mass is 9.44. The topological polar surface area (TPSA) is 75.7 Å². The van der Waals surface area contributed by atoms with Crippen molar-refractivity contribution in [2.45, 2.75) is 50.5 Å². The fourth-order valence-corrected chi connectivity index (χ4v) is 7.09. The SMILES string of the molecule is NCC1(C23CC4CC(CC(C4)C2)C3)OCCc2c1ccc(O)c2O. The van der Waals surface area contributed by atoms with E-state index in [-0.39, 0.29) is 16.9 Å². The first-order valence-corrected chi connectivity index (χ1v) is 9.45. The molecule has 4 bridgehead atoms. The first-order chi connectivity index (χ1) is 11.6. The van der Waals surface area contributed by atoms with E-state index in [1.54, 1.807) is 6.07 Å². The molecule has 4 N–H and O–H groups in total. The van der Waals surface area contributed by atoms with Gasteiger partial charge in [0.2, 0.25) is 0 Å². The number of aromatic hydroxyl groups is 2. The fourth-order valence-electron chi connectivity index (χ4n) is 7.09. The van der Waals surface area contributed by atoms with Gasteiger partial charge in [0.15, 0.2) is 11.5 Å². The van der Waals surface area contributed by atoms with Gasteiger partial charge in [0.05, 0.1) is 6.61 Å². The van der Waals surface area contributed by atoms with Gasteiger partial charge in [-0.25, -0.2) is 0 Å². The lowest BCUT2D eigenvalue weighted by molar-refractivity contribution is -0.211. The average Bonchev–Trinajstić information content (AvgIpc) is 2.56. The van der Waals surface area contributed by atoms with Gasteiger partial charge in [-0.1, -0.05) is 6.07 Å². The predicted molar refractivity (Wildman–Crippen MR) is 90.8 cm³/mol. The van der Waals surface area contributed by atoms with Gasteiger partial charge in [0, 0.05) is 17.5 Å². The summed E-state index contributed by atoms with van der Waals surface area (Å²) in [4.78, 5) is 0. The normalized spacial score (nSPS) is 43.0. The quantitative estimate of drug-likeness (QED) is 0.729. The van der Waals surface area contributed by atoms with Gasteiger partial charge in [0.1, 0.15) is 5.60 Å². The van der Waals surface area contributed by atoms with E-state index in [9.17, 15) is 10.2 Å². The third kappa shape index (κ3) is 1.76. The van der Waals surface area contributed by atoms with Crippen molar-refractivity contribution in [3.63, 3.8) is 0 Å². The zero-order valence-electron chi connectivity index (χ0n) is 14.1. The highest BCUT2D eigenvalue weighted by molar-refractivity contribution is 5.53. The summed E-state index contributed by atoms with van der Waals surface area (Å²) >= 11 is 0. The first kappa shape index (κ1) is 15.0. The van der Waals surface area contributed by atoms with Crippen molar-refractivity contribution < 1.29 is 14.9 Å². The molecule has 24 heavy (non-hydrogen) atoms. The Balaban J connectivity index is 1.68. The average molecular weight is 329 g/mol. The van der Waals surface area contributed by atoms with Crippen molar-refractivity contribution >= 4 is 0 Å². The zero-order chi connectivity index (χ0) is 16.5. The Bertz CT molecular complexity index is 650. The zero-order valence-corrected chi connectivity index (χ0v) is 14.1. The maximum absolute atomic E-state index is 10.4. The van der Waals surface area contributed by atoms with E-state index < -0.39 is 5.60 Å². The van der Waals surface area contributed by atoms with Crippen LogP contribution in [0.3, 0.4) is 0 Å². The number of nitrogens with two attached hydrogens (primary N) is 1. The summed E-state index contributed by atoms with van der Waals surface area (Å²) in [6.45, 7) is 1.03. The van der Waals surface area contributed by atoms with E-state index in [0.29, 0.717) is 19.6 Å². The molecule has 1 aromatic carbocycles. The minimum Gasteiger partial charge on any atom is -0.504 e. The van der Waals surface area contributed by atoms with Gasteiger partial charge in [-0.15, -0.1) is 0 Å². The Morgan fingerprint density at radius 2 is 1.67 bits per heavy atom. The molecular formula is C20H27NO3. The second kappa shape index (κ2) is 4.89. The van der Waals surface area contributed by atoms with Crippen LogP contribution in [-0.4, -0.2) is 23.4 Å². The van der Waals surface area contributed by atoms with Crippen molar-refractivity contribution in [2.75, 3.05) is 13.2 Å². The largest absolute Gasteiger partial charge is 0.504 e. The van der Waals surface area contributed by atoms with Gasteiger partial charge in [-0.3, -0.25) is 0 Å². The molecule has 0 saturated heterocycles. The Kier molecular flexibility index (Phi) is 3.06. The molecule has 6 rings (SSSR count). The summed E-state index contributed by atoms with van der Waals surface area (Å²) in [6.07, 6.45) is 8.41. The van der Waals surface area contributed by atoms with Crippen LogP contribution in [-0.2, 0) is 16.8 Å². The van der Waals surface area contributed by atoms with Crippen LogP contribution < -0.4 is 5.73 Å². The second-order valence-corrected chi connectivity index (χ2v) is 8.79. The molecule has 4 nitrogen and oxygen atoms in total. The summed E-state index contributed by atoms with van der Waals surface area (Å²) in [5, 5.41) is 20.3. The lowest BCUT2D eigenvalue weighted by Gasteiger charge is -2.64. The van der Waals surface area contributed by atoms with Crippen LogP contribution in [0.25, 0.3) is 0 Å². The number of fused-ring (bicyclic) bond motifs is 1. The molecule has 0 spiro atoms. The highest BCUT2D eigenvalue weighted by Crippen LogP contribution is 2.67. The molecule has 1 unspecified atom stereocenters. The molecule has 1 aromatic rings. The van der Waals surface area contributed by atoms with Gasteiger partial charge in [0.25, 0.3) is 0 Å². The van der Waals surface area contributed by atoms with Crippen LogP contribution in [0.4, 0.5) is 0 Å². The van der Waals surface area contributed by atoms with Crippen LogP contribution in [0.15, 0.2) is 12.1 Å². The molecule has 1 heterocycles. The van der Waals surface area contributed by atoms with Crippen LogP contribution >= 0.6 is 0 Å². The third-order valence-corrected chi connectivity index (χ3v) is 7.58. The lowest BCUT2D eigenvalue weighted by Crippen LogP contribution is -2.61. The summed E-state index contributed by atoms with van der Waals surface area (Å²) < 4.78 is 6.50. The molecule has 4 aliphatic carbocycles. The van der Waals surface area contributed by atoms with E-state index in [0.717, 1.165) is 28.9 Å². The van der Waals surface area contributed by atoms with Crippen molar-refractivity contribution in [1.82, 2.24) is 0 Å². The second-order valence-electron chi connectivity index (χ2n) is 8.79. The van der Waals surface area contributed by atoms with E-state index in [1.165, 1.54) is 38.5 Å². The molecule has 0 aromatic heterocycles. The number of hydrogen-bond donors (Lipinski definition) is 3. The van der Waals surface area contributed by atoms with Gasteiger partial charge in [-0.2, -0.15) is 0 Å². The molecule has 0 amide bonds.